The third-order valence-corrected chi connectivity index (χ3v) is 6.59. The van der Waals surface area contributed by atoms with Gasteiger partial charge in [-0.05, 0) is 63.8 Å². The van der Waals surface area contributed by atoms with Gasteiger partial charge in [-0.15, -0.1) is 0 Å². The summed E-state index contributed by atoms with van der Waals surface area (Å²) in [5.74, 6) is -0.116. The lowest BCUT2D eigenvalue weighted by molar-refractivity contribution is 0.0952. The largest absolute Gasteiger partial charge is 0.352 e. The van der Waals surface area contributed by atoms with Crippen LogP contribution in [0.5, 0.6) is 0 Å². The Labute approximate surface area is 174 Å². The second-order valence-electron chi connectivity index (χ2n) is 7.35. The summed E-state index contributed by atoms with van der Waals surface area (Å²) < 4.78 is 27.3. The van der Waals surface area contributed by atoms with E-state index in [9.17, 15) is 13.2 Å². The van der Waals surface area contributed by atoms with E-state index in [2.05, 4.69) is 10.2 Å². The van der Waals surface area contributed by atoms with Gasteiger partial charge in [0.15, 0.2) is 0 Å². The maximum Gasteiger partial charge on any atom is 0.251 e. The Kier molecular flexibility index (Phi) is 8.37. The number of sulfonamides is 1. The number of carbonyl (C=O) groups is 1. The van der Waals surface area contributed by atoms with E-state index in [1.54, 1.807) is 36.4 Å². The summed E-state index contributed by atoms with van der Waals surface area (Å²) in [6.07, 6.45) is 0.888. The van der Waals surface area contributed by atoms with E-state index >= 15 is 0 Å². The molecule has 0 atom stereocenters. The summed E-state index contributed by atoms with van der Waals surface area (Å²) in [5.41, 5.74) is 2.43. The van der Waals surface area contributed by atoms with Crippen molar-refractivity contribution in [2.24, 2.45) is 0 Å². The number of hydrogen-bond acceptors (Lipinski definition) is 4. The summed E-state index contributed by atoms with van der Waals surface area (Å²) in [6, 6.07) is 14.0. The lowest BCUT2D eigenvalue weighted by Gasteiger charge is -2.21. The van der Waals surface area contributed by atoms with Gasteiger partial charge in [-0.2, -0.15) is 4.31 Å². The molecule has 6 nitrogen and oxygen atoms in total. The summed E-state index contributed by atoms with van der Waals surface area (Å²) in [4.78, 5) is 14.6. The van der Waals surface area contributed by atoms with Crippen LogP contribution in [0, 0.1) is 6.92 Å². The van der Waals surface area contributed by atoms with Crippen molar-refractivity contribution in [1.29, 1.82) is 0 Å². The molecule has 29 heavy (non-hydrogen) atoms. The lowest BCUT2D eigenvalue weighted by atomic mass is 10.1. The molecule has 0 aliphatic rings. The van der Waals surface area contributed by atoms with Gasteiger partial charge in [0, 0.05) is 25.2 Å². The van der Waals surface area contributed by atoms with Crippen LogP contribution in [0.2, 0.25) is 0 Å². The standard InChI is InChI=1S/C22H31N3O3S/c1-5-25(29(27,28)21-13-7-18(2)8-14-21)17-19-9-11-20(12-10-19)22(26)23-15-6-16-24(3)4/h7-14H,5-6,15-17H2,1-4H3,(H,23,26). The van der Waals surface area contributed by atoms with Gasteiger partial charge >= 0.3 is 0 Å². The first-order valence-corrected chi connectivity index (χ1v) is 11.3. The fourth-order valence-corrected chi connectivity index (χ4v) is 4.33. The molecule has 0 unspecified atom stereocenters. The van der Waals surface area contributed by atoms with Crippen LogP contribution in [0.25, 0.3) is 0 Å². The number of aryl methyl sites for hydroxylation is 1. The molecule has 1 N–H and O–H groups in total. The number of amides is 1. The Bertz CT molecular complexity index is 892. The van der Waals surface area contributed by atoms with Gasteiger partial charge in [0.05, 0.1) is 4.90 Å². The number of nitrogens with zero attached hydrogens (tertiary/aromatic N) is 2. The van der Waals surface area contributed by atoms with Crippen molar-refractivity contribution in [3.63, 3.8) is 0 Å². The van der Waals surface area contributed by atoms with Crippen molar-refractivity contribution >= 4 is 15.9 Å². The highest BCUT2D eigenvalue weighted by Crippen LogP contribution is 2.19. The SMILES string of the molecule is CCN(Cc1ccc(C(=O)NCCCN(C)C)cc1)S(=O)(=O)c1ccc(C)cc1. The molecule has 7 heteroatoms. The first-order chi connectivity index (χ1) is 13.7. The zero-order valence-electron chi connectivity index (χ0n) is 17.7. The average Bonchev–Trinajstić information content (AvgIpc) is 2.69. The first-order valence-electron chi connectivity index (χ1n) is 9.82. The third kappa shape index (κ3) is 6.66. The molecule has 2 aromatic carbocycles. The number of benzene rings is 2. The van der Waals surface area contributed by atoms with Crippen LogP contribution in [-0.4, -0.2) is 57.3 Å². The fourth-order valence-electron chi connectivity index (χ4n) is 2.89. The second-order valence-corrected chi connectivity index (χ2v) is 9.29. The quantitative estimate of drug-likeness (QED) is 0.604. The number of nitrogens with one attached hydrogen (secondary N) is 1. The number of rotatable bonds is 10. The number of carbonyl (C=O) groups excluding carboxylic acids is 1. The highest BCUT2D eigenvalue weighted by Gasteiger charge is 2.23. The lowest BCUT2D eigenvalue weighted by Crippen LogP contribution is -2.30. The van der Waals surface area contributed by atoms with Crippen LogP contribution in [0.3, 0.4) is 0 Å². The van der Waals surface area contributed by atoms with Crippen molar-refractivity contribution in [3.05, 3.63) is 65.2 Å². The highest BCUT2D eigenvalue weighted by atomic mass is 32.2. The van der Waals surface area contributed by atoms with Crippen LogP contribution in [0.4, 0.5) is 0 Å². The van der Waals surface area contributed by atoms with Crippen molar-refractivity contribution in [2.75, 3.05) is 33.7 Å². The van der Waals surface area contributed by atoms with Crippen LogP contribution < -0.4 is 5.32 Å². The van der Waals surface area contributed by atoms with Gasteiger partial charge in [0.2, 0.25) is 10.0 Å². The van der Waals surface area contributed by atoms with Gasteiger partial charge in [0.1, 0.15) is 0 Å². The van der Waals surface area contributed by atoms with Crippen LogP contribution >= 0.6 is 0 Å². The number of hydrogen-bond donors (Lipinski definition) is 1. The predicted molar refractivity (Wildman–Crippen MR) is 116 cm³/mol. The van der Waals surface area contributed by atoms with Crippen LogP contribution in [0.1, 0.15) is 34.8 Å². The molecule has 2 aromatic rings. The molecule has 0 aliphatic carbocycles. The minimum Gasteiger partial charge on any atom is -0.352 e. The summed E-state index contributed by atoms with van der Waals surface area (Å²) in [5, 5.41) is 2.90. The molecule has 158 valence electrons. The molecular weight excluding hydrogens is 386 g/mol. The minimum absolute atomic E-state index is 0.116. The maximum atomic E-state index is 12.9. The summed E-state index contributed by atoms with van der Waals surface area (Å²) in [6.45, 7) is 5.91. The van der Waals surface area contributed by atoms with E-state index in [1.165, 1.54) is 4.31 Å². The molecule has 1 amide bonds. The van der Waals surface area contributed by atoms with Gasteiger partial charge in [-0.25, -0.2) is 8.42 Å². The normalized spacial score (nSPS) is 11.8. The minimum atomic E-state index is -3.56. The van der Waals surface area contributed by atoms with E-state index in [1.807, 2.05) is 40.1 Å². The third-order valence-electron chi connectivity index (χ3n) is 4.65. The second kappa shape index (κ2) is 10.5. The van der Waals surface area contributed by atoms with E-state index in [4.69, 9.17) is 0 Å². The van der Waals surface area contributed by atoms with Crippen molar-refractivity contribution in [1.82, 2.24) is 14.5 Å². The Morgan fingerprint density at radius 3 is 2.17 bits per heavy atom. The Morgan fingerprint density at radius 2 is 1.62 bits per heavy atom. The smallest absolute Gasteiger partial charge is 0.251 e. The van der Waals surface area contributed by atoms with Gasteiger partial charge in [0.25, 0.3) is 5.91 Å². The van der Waals surface area contributed by atoms with Crippen LogP contribution in [0.15, 0.2) is 53.4 Å². The molecule has 2 rings (SSSR count). The molecule has 0 heterocycles. The Balaban J connectivity index is 2.01. The zero-order valence-corrected chi connectivity index (χ0v) is 18.5. The Hall–Kier alpha value is -2.22. The van der Waals surface area contributed by atoms with E-state index in [0.717, 1.165) is 24.1 Å². The van der Waals surface area contributed by atoms with Gasteiger partial charge < -0.3 is 10.2 Å². The van der Waals surface area contributed by atoms with E-state index in [0.29, 0.717) is 23.5 Å². The average molecular weight is 418 g/mol. The molecule has 0 radical (unpaired) electrons. The zero-order chi connectivity index (χ0) is 21.4. The van der Waals surface area contributed by atoms with Crippen molar-refractivity contribution in [3.8, 4) is 0 Å². The topological polar surface area (TPSA) is 69.7 Å². The molecule has 0 saturated carbocycles. The van der Waals surface area contributed by atoms with Crippen LogP contribution in [-0.2, 0) is 16.6 Å². The summed E-state index contributed by atoms with van der Waals surface area (Å²) >= 11 is 0. The van der Waals surface area contributed by atoms with Crippen molar-refractivity contribution < 1.29 is 13.2 Å². The molecule has 0 fully saturated rings. The van der Waals surface area contributed by atoms with E-state index < -0.39 is 10.0 Å². The Morgan fingerprint density at radius 1 is 1.00 bits per heavy atom. The fraction of sp³-hybridized carbons (Fsp3) is 0.409. The molecule has 0 aromatic heterocycles. The van der Waals surface area contributed by atoms with Gasteiger partial charge in [-0.3, -0.25) is 4.79 Å². The maximum absolute atomic E-state index is 12.9. The predicted octanol–water partition coefficient (Wildman–Crippen LogP) is 2.89. The van der Waals surface area contributed by atoms with Crippen molar-refractivity contribution in [2.45, 2.75) is 31.7 Å². The molecular formula is C22H31N3O3S. The molecule has 0 saturated heterocycles. The molecule has 0 bridgehead atoms. The first kappa shape index (κ1) is 23.1. The monoisotopic (exact) mass is 417 g/mol. The summed E-state index contributed by atoms with van der Waals surface area (Å²) in [7, 11) is 0.434. The highest BCUT2D eigenvalue weighted by molar-refractivity contribution is 7.89. The van der Waals surface area contributed by atoms with Gasteiger partial charge in [-0.1, -0.05) is 36.8 Å². The molecule has 0 aliphatic heterocycles. The van der Waals surface area contributed by atoms with E-state index in [-0.39, 0.29) is 12.5 Å². The molecule has 0 spiro atoms.